The van der Waals surface area contributed by atoms with Gasteiger partial charge in [-0.25, -0.2) is 4.98 Å². The van der Waals surface area contributed by atoms with Crippen molar-refractivity contribution in [2.24, 2.45) is 13.0 Å². The molecule has 0 N–H and O–H groups in total. The summed E-state index contributed by atoms with van der Waals surface area (Å²) >= 11 is 0. The molecule has 0 aromatic carbocycles. The van der Waals surface area contributed by atoms with Gasteiger partial charge in [-0.2, -0.15) is 5.10 Å². The second kappa shape index (κ2) is 5.27. The normalized spacial score (nSPS) is 22.0. The van der Waals surface area contributed by atoms with Gasteiger partial charge in [0, 0.05) is 51.2 Å². The lowest BCUT2D eigenvalue weighted by Crippen LogP contribution is -2.25. The van der Waals surface area contributed by atoms with Crippen molar-refractivity contribution in [2.75, 3.05) is 19.8 Å². The summed E-state index contributed by atoms with van der Waals surface area (Å²) in [7, 11) is 2.05. The zero-order valence-electron chi connectivity index (χ0n) is 12.4. The highest BCUT2D eigenvalue weighted by atomic mass is 16.5. The van der Waals surface area contributed by atoms with Crippen molar-refractivity contribution in [3.8, 4) is 0 Å². The van der Waals surface area contributed by atoms with Crippen molar-refractivity contribution < 1.29 is 4.74 Å². The number of fused-ring (bicyclic) bond motifs is 1. The van der Waals surface area contributed by atoms with E-state index in [1.807, 2.05) is 23.4 Å². The maximum Gasteiger partial charge on any atom is 0.0949 e. The van der Waals surface area contributed by atoms with E-state index in [0.29, 0.717) is 5.92 Å². The number of hydrogen-bond acceptors (Lipinski definition) is 4. The van der Waals surface area contributed by atoms with Gasteiger partial charge in [-0.05, 0) is 12.3 Å². The Bertz CT molecular complexity index is 612. The van der Waals surface area contributed by atoms with E-state index >= 15 is 0 Å². The SMILES string of the molecule is Cn1nc(Cn2ccnc2)c2c1CN(C[C@@H]1CCOC1)C2. The van der Waals surface area contributed by atoms with Gasteiger partial charge in [0.25, 0.3) is 0 Å². The quantitative estimate of drug-likeness (QED) is 0.842. The van der Waals surface area contributed by atoms with Gasteiger partial charge in [-0.15, -0.1) is 0 Å². The minimum Gasteiger partial charge on any atom is -0.381 e. The molecule has 0 aliphatic carbocycles. The number of ether oxygens (including phenoxy) is 1. The van der Waals surface area contributed by atoms with E-state index in [4.69, 9.17) is 9.84 Å². The molecule has 2 aromatic heterocycles. The van der Waals surface area contributed by atoms with Crippen molar-refractivity contribution >= 4 is 0 Å². The van der Waals surface area contributed by atoms with Crippen LogP contribution in [0.25, 0.3) is 0 Å². The summed E-state index contributed by atoms with van der Waals surface area (Å²) < 4.78 is 9.62. The fourth-order valence-corrected chi connectivity index (χ4v) is 3.44. The molecular weight excluding hydrogens is 266 g/mol. The van der Waals surface area contributed by atoms with E-state index in [2.05, 4.69) is 21.5 Å². The van der Waals surface area contributed by atoms with Crippen molar-refractivity contribution in [2.45, 2.75) is 26.1 Å². The van der Waals surface area contributed by atoms with Crippen LogP contribution in [0.1, 0.15) is 23.4 Å². The van der Waals surface area contributed by atoms with Crippen LogP contribution in [0.15, 0.2) is 18.7 Å². The summed E-state index contributed by atoms with van der Waals surface area (Å²) in [5, 5.41) is 4.69. The maximum atomic E-state index is 5.49. The summed E-state index contributed by atoms with van der Waals surface area (Å²) in [5.74, 6) is 0.698. The third-order valence-corrected chi connectivity index (χ3v) is 4.55. The number of imidazole rings is 1. The first-order valence-corrected chi connectivity index (χ1v) is 7.59. The molecule has 1 saturated heterocycles. The Labute approximate surface area is 124 Å². The lowest BCUT2D eigenvalue weighted by atomic mass is 10.1. The van der Waals surface area contributed by atoms with Crippen LogP contribution in [0, 0.1) is 5.92 Å². The van der Waals surface area contributed by atoms with Crippen molar-refractivity contribution in [3.05, 3.63) is 35.7 Å². The minimum absolute atomic E-state index is 0.698. The van der Waals surface area contributed by atoms with Crippen LogP contribution in [0.5, 0.6) is 0 Å². The van der Waals surface area contributed by atoms with Crippen molar-refractivity contribution in [1.82, 2.24) is 24.2 Å². The van der Waals surface area contributed by atoms with Crippen LogP contribution in [0.3, 0.4) is 0 Å². The van der Waals surface area contributed by atoms with Crippen molar-refractivity contribution in [3.63, 3.8) is 0 Å². The van der Waals surface area contributed by atoms with Crippen LogP contribution < -0.4 is 0 Å². The Morgan fingerprint density at radius 1 is 1.38 bits per heavy atom. The number of rotatable bonds is 4. The highest BCUT2D eigenvalue weighted by Gasteiger charge is 2.29. The summed E-state index contributed by atoms with van der Waals surface area (Å²) in [6.07, 6.45) is 6.86. The highest BCUT2D eigenvalue weighted by Crippen LogP contribution is 2.28. The lowest BCUT2D eigenvalue weighted by Gasteiger charge is -2.19. The topological polar surface area (TPSA) is 48.1 Å². The number of aromatic nitrogens is 4. The Balaban J connectivity index is 1.49. The van der Waals surface area contributed by atoms with Gasteiger partial charge < -0.3 is 9.30 Å². The predicted octanol–water partition coefficient (Wildman–Crippen LogP) is 1.02. The van der Waals surface area contributed by atoms with E-state index in [1.54, 1.807) is 0 Å². The van der Waals surface area contributed by atoms with Crippen LogP contribution in [0.4, 0.5) is 0 Å². The van der Waals surface area contributed by atoms with Crippen molar-refractivity contribution in [1.29, 1.82) is 0 Å². The summed E-state index contributed by atoms with van der Waals surface area (Å²) in [4.78, 5) is 6.64. The van der Waals surface area contributed by atoms with E-state index in [9.17, 15) is 0 Å². The van der Waals surface area contributed by atoms with Gasteiger partial charge in [-0.1, -0.05) is 0 Å². The molecular formula is C15H21N5O. The first-order chi connectivity index (χ1) is 10.3. The molecule has 0 spiro atoms. The van der Waals surface area contributed by atoms with Crippen LogP contribution in [-0.4, -0.2) is 44.0 Å². The molecule has 21 heavy (non-hydrogen) atoms. The molecule has 0 saturated carbocycles. The molecule has 2 aliphatic rings. The van der Waals surface area contributed by atoms with E-state index in [0.717, 1.165) is 39.4 Å². The van der Waals surface area contributed by atoms with Crippen LogP contribution >= 0.6 is 0 Å². The Morgan fingerprint density at radius 2 is 2.33 bits per heavy atom. The second-order valence-corrected chi connectivity index (χ2v) is 6.13. The van der Waals surface area contributed by atoms with E-state index in [1.165, 1.54) is 23.4 Å². The number of aryl methyl sites for hydroxylation is 1. The fourth-order valence-electron chi connectivity index (χ4n) is 3.44. The molecule has 2 aliphatic heterocycles. The summed E-state index contributed by atoms with van der Waals surface area (Å²) in [6.45, 7) is 5.83. The van der Waals surface area contributed by atoms with Gasteiger partial charge in [0.05, 0.1) is 30.9 Å². The first-order valence-electron chi connectivity index (χ1n) is 7.59. The molecule has 4 heterocycles. The monoisotopic (exact) mass is 287 g/mol. The zero-order valence-corrected chi connectivity index (χ0v) is 12.4. The second-order valence-electron chi connectivity index (χ2n) is 6.13. The average Bonchev–Trinajstić information content (AvgIpc) is 3.20. The third kappa shape index (κ3) is 2.49. The number of nitrogens with zero attached hydrogens (tertiary/aromatic N) is 5. The van der Waals surface area contributed by atoms with Gasteiger partial charge in [0.15, 0.2) is 0 Å². The molecule has 112 valence electrons. The van der Waals surface area contributed by atoms with Gasteiger partial charge in [0.2, 0.25) is 0 Å². The largest absolute Gasteiger partial charge is 0.381 e. The van der Waals surface area contributed by atoms with Gasteiger partial charge in [-0.3, -0.25) is 9.58 Å². The van der Waals surface area contributed by atoms with Gasteiger partial charge in [0.1, 0.15) is 0 Å². The molecule has 4 rings (SSSR count). The van der Waals surface area contributed by atoms with Gasteiger partial charge >= 0.3 is 0 Å². The molecule has 6 heteroatoms. The summed E-state index contributed by atoms with van der Waals surface area (Å²) in [6, 6.07) is 0. The lowest BCUT2D eigenvalue weighted by molar-refractivity contribution is 0.166. The Hall–Kier alpha value is -1.66. The molecule has 0 unspecified atom stereocenters. The molecule has 0 bridgehead atoms. The highest BCUT2D eigenvalue weighted by molar-refractivity contribution is 5.30. The number of hydrogen-bond donors (Lipinski definition) is 0. The van der Waals surface area contributed by atoms with E-state index < -0.39 is 0 Å². The predicted molar refractivity (Wildman–Crippen MR) is 77.6 cm³/mol. The standard InChI is InChI=1S/C15H21N5O/c1-18-15-9-20(6-12-2-5-21-10-12)7-13(15)14(17-18)8-19-4-3-16-11-19/h3-4,11-12H,2,5-10H2,1H3/t12-/m0/s1. The molecule has 0 radical (unpaired) electrons. The molecule has 2 aromatic rings. The molecule has 1 atom stereocenters. The molecule has 1 fully saturated rings. The summed E-state index contributed by atoms with van der Waals surface area (Å²) in [5.41, 5.74) is 3.95. The fraction of sp³-hybridized carbons (Fsp3) is 0.600. The Kier molecular flexibility index (Phi) is 3.27. The van der Waals surface area contributed by atoms with Crippen LogP contribution in [0.2, 0.25) is 0 Å². The van der Waals surface area contributed by atoms with Crippen LogP contribution in [-0.2, 0) is 31.4 Å². The first kappa shape index (κ1) is 13.0. The Morgan fingerprint density at radius 3 is 3.10 bits per heavy atom. The average molecular weight is 287 g/mol. The maximum absolute atomic E-state index is 5.49. The smallest absolute Gasteiger partial charge is 0.0949 e. The minimum atomic E-state index is 0.698. The van der Waals surface area contributed by atoms with E-state index in [-0.39, 0.29) is 0 Å². The molecule has 6 nitrogen and oxygen atoms in total. The third-order valence-electron chi connectivity index (χ3n) is 4.55. The molecule has 0 amide bonds. The zero-order chi connectivity index (χ0) is 14.2.